The molecule has 1 N–H and O–H groups in total. The highest BCUT2D eigenvalue weighted by molar-refractivity contribution is 6.02. The largest absolute Gasteiger partial charge is 0.516 e. The van der Waals surface area contributed by atoms with E-state index >= 15 is 0 Å². The maximum atomic E-state index is 8.85. The van der Waals surface area contributed by atoms with Gasteiger partial charge in [0.2, 0.25) is 11.8 Å². The number of aliphatic hydroxyl groups is 1. The van der Waals surface area contributed by atoms with Gasteiger partial charge < -0.3 is 14.6 Å². The Morgan fingerprint density at radius 1 is 1.18 bits per heavy atom. The van der Waals surface area contributed by atoms with E-state index in [9.17, 15) is 0 Å². The molecule has 2 heterocycles. The van der Waals surface area contributed by atoms with E-state index < -0.39 is 0 Å². The summed E-state index contributed by atoms with van der Waals surface area (Å²) in [5.74, 6) is 1.04. The Bertz CT molecular complexity index is 433. The molecule has 0 aromatic carbocycles. The molecule has 2 rings (SSSR count). The number of aliphatic imine (C=N–C) groups is 2. The minimum atomic E-state index is 0.509. The standard InChI is InChI=1S/C12H14N2O3/c1-9(11-13-3-6-16-11)8-10(2-5-15)12-14-4-7-17-12/h2,5,8,15H,1,3-4,6-7H2/b5-2+,10-8+. The highest BCUT2D eigenvalue weighted by Gasteiger charge is 2.14. The lowest BCUT2D eigenvalue weighted by atomic mass is 10.1. The molecular weight excluding hydrogens is 220 g/mol. The van der Waals surface area contributed by atoms with E-state index in [1.165, 1.54) is 6.08 Å². The van der Waals surface area contributed by atoms with E-state index in [-0.39, 0.29) is 0 Å². The van der Waals surface area contributed by atoms with Crippen molar-refractivity contribution in [2.75, 3.05) is 26.3 Å². The van der Waals surface area contributed by atoms with Gasteiger partial charge in [-0.2, -0.15) is 0 Å². The number of rotatable bonds is 4. The number of hydrogen-bond donors (Lipinski definition) is 1. The molecule has 5 heteroatoms. The van der Waals surface area contributed by atoms with Gasteiger partial charge in [-0.25, -0.2) is 9.98 Å². The molecule has 0 amide bonds. The van der Waals surface area contributed by atoms with Gasteiger partial charge in [0, 0.05) is 11.1 Å². The van der Waals surface area contributed by atoms with E-state index in [1.54, 1.807) is 6.08 Å². The average molecular weight is 234 g/mol. The van der Waals surface area contributed by atoms with Crippen LogP contribution in [0.5, 0.6) is 0 Å². The van der Waals surface area contributed by atoms with Gasteiger partial charge in [-0.15, -0.1) is 0 Å². The lowest BCUT2D eigenvalue weighted by Gasteiger charge is -2.04. The van der Waals surface area contributed by atoms with Crippen molar-refractivity contribution in [2.45, 2.75) is 0 Å². The van der Waals surface area contributed by atoms with Crippen molar-refractivity contribution in [3.8, 4) is 0 Å². The highest BCUT2D eigenvalue weighted by atomic mass is 16.5. The van der Waals surface area contributed by atoms with E-state index in [0.717, 1.165) is 6.26 Å². The van der Waals surface area contributed by atoms with Gasteiger partial charge in [-0.1, -0.05) is 6.58 Å². The second kappa shape index (κ2) is 5.34. The molecule has 2 aliphatic heterocycles. The fraction of sp³-hybridized carbons (Fsp3) is 0.333. The quantitative estimate of drug-likeness (QED) is 0.590. The van der Waals surface area contributed by atoms with Gasteiger partial charge in [0.1, 0.15) is 13.2 Å². The van der Waals surface area contributed by atoms with E-state index in [0.29, 0.717) is 49.2 Å². The number of nitrogens with zero attached hydrogens (tertiary/aromatic N) is 2. The Morgan fingerprint density at radius 3 is 2.35 bits per heavy atom. The third-order valence-electron chi connectivity index (χ3n) is 2.28. The molecule has 17 heavy (non-hydrogen) atoms. The van der Waals surface area contributed by atoms with Crippen LogP contribution in [0.15, 0.2) is 46.1 Å². The monoisotopic (exact) mass is 234 g/mol. The van der Waals surface area contributed by atoms with Crippen LogP contribution in [-0.2, 0) is 9.47 Å². The third kappa shape index (κ3) is 2.75. The lowest BCUT2D eigenvalue weighted by molar-refractivity contribution is 0.347. The van der Waals surface area contributed by atoms with Gasteiger partial charge in [0.25, 0.3) is 0 Å². The predicted molar refractivity (Wildman–Crippen MR) is 65.5 cm³/mol. The molecule has 0 unspecified atom stereocenters. The fourth-order valence-electron chi connectivity index (χ4n) is 1.55. The molecule has 0 aromatic rings. The van der Waals surface area contributed by atoms with Crippen LogP contribution in [-0.4, -0.2) is 43.2 Å². The smallest absolute Gasteiger partial charge is 0.216 e. The first-order valence-electron chi connectivity index (χ1n) is 5.38. The maximum Gasteiger partial charge on any atom is 0.216 e. The van der Waals surface area contributed by atoms with Crippen LogP contribution >= 0.6 is 0 Å². The molecule has 2 aliphatic rings. The van der Waals surface area contributed by atoms with Crippen molar-refractivity contribution in [2.24, 2.45) is 9.98 Å². The summed E-state index contributed by atoms with van der Waals surface area (Å²) in [5.41, 5.74) is 1.31. The zero-order valence-corrected chi connectivity index (χ0v) is 9.43. The summed E-state index contributed by atoms with van der Waals surface area (Å²) in [4.78, 5) is 8.33. The summed E-state index contributed by atoms with van der Waals surface area (Å²) < 4.78 is 10.6. The van der Waals surface area contributed by atoms with Gasteiger partial charge in [0.15, 0.2) is 0 Å². The van der Waals surface area contributed by atoms with Crippen molar-refractivity contribution in [1.29, 1.82) is 0 Å². The highest BCUT2D eigenvalue weighted by Crippen LogP contribution is 2.13. The molecule has 0 saturated heterocycles. The summed E-state index contributed by atoms with van der Waals surface area (Å²) in [5, 5.41) is 8.85. The minimum Gasteiger partial charge on any atom is -0.516 e. The van der Waals surface area contributed by atoms with Crippen molar-refractivity contribution in [3.05, 3.63) is 36.1 Å². The topological polar surface area (TPSA) is 63.4 Å². The summed E-state index contributed by atoms with van der Waals surface area (Å²) in [6, 6.07) is 0. The average Bonchev–Trinajstić information content (AvgIpc) is 3.01. The lowest BCUT2D eigenvalue weighted by Crippen LogP contribution is -2.05. The maximum absolute atomic E-state index is 8.85. The summed E-state index contributed by atoms with van der Waals surface area (Å²) in [7, 11) is 0. The molecule has 5 nitrogen and oxygen atoms in total. The zero-order chi connectivity index (χ0) is 12.1. The van der Waals surface area contributed by atoms with E-state index in [2.05, 4.69) is 16.6 Å². The molecular formula is C12H14N2O3. The summed E-state index contributed by atoms with van der Waals surface area (Å²) in [6.07, 6.45) is 4.19. The van der Waals surface area contributed by atoms with Crippen LogP contribution in [0.3, 0.4) is 0 Å². The van der Waals surface area contributed by atoms with Crippen molar-refractivity contribution in [3.63, 3.8) is 0 Å². The first-order chi connectivity index (χ1) is 8.31. The Hall–Kier alpha value is -2.04. The molecule has 0 saturated carbocycles. The van der Waals surface area contributed by atoms with Crippen LogP contribution in [0.1, 0.15) is 0 Å². The van der Waals surface area contributed by atoms with Crippen LogP contribution in [0, 0.1) is 0 Å². The fourth-order valence-corrected chi connectivity index (χ4v) is 1.55. The first-order valence-corrected chi connectivity index (χ1v) is 5.38. The predicted octanol–water partition coefficient (Wildman–Crippen LogP) is 1.40. The van der Waals surface area contributed by atoms with Crippen LogP contribution < -0.4 is 0 Å². The van der Waals surface area contributed by atoms with Gasteiger partial charge >= 0.3 is 0 Å². The molecule has 0 bridgehead atoms. The van der Waals surface area contributed by atoms with Crippen molar-refractivity contribution in [1.82, 2.24) is 0 Å². The normalized spacial score (nSPS) is 19.9. The van der Waals surface area contributed by atoms with Gasteiger partial charge in [-0.05, 0) is 12.2 Å². The summed E-state index contributed by atoms with van der Waals surface area (Å²) in [6.45, 7) is 6.32. The number of ether oxygens (including phenoxy) is 2. The first kappa shape index (κ1) is 11.4. The third-order valence-corrected chi connectivity index (χ3v) is 2.28. The van der Waals surface area contributed by atoms with E-state index in [4.69, 9.17) is 14.6 Å². The van der Waals surface area contributed by atoms with Crippen LogP contribution in [0.4, 0.5) is 0 Å². The molecule has 90 valence electrons. The van der Waals surface area contributed by atoms with Crippen LogP contribution in [0.25, 0.3) is 0 Å². The number of aliphatic hydroxyl groups excluding tert-OH is 1. The molecule has 0 radical (unpaired) electrons. The Labute approximate surface area is 99.5 Å². The molecule has 0 aromatic heterocycles. The SMILES string of the molecule is C=C(/C=C(\C=C\O)C1=NCCO1)C1=NCCO1. The van der Waals surface area contributed by atoms with Gasteiger partial charge in [0.05, 0.1) is 19.4 Å². The Morgan fingerprint density at radius 2 is 1.82 bits per heavy atom. The molecule has 0 spiro atoms. The van der Waals surface area contributed by atoms with Crippen molar-refractivity contribution >= 4 is 11.8 Å². The van der Waals surface area contributed by atoms with Crippen LogP contribution in [0.2, 0.25) is 0 Å². The second-order valence-corrected chi connectivity index (χ2v) is 3.51. The van der Waals surface area contributed by atoms with E-state index in [1.807, 2.05) is 0 Å². The van der Waals surface area contributed by atoms with Crippen molar-refractivity contribution < 1.29 is 14.6 Å². The zero-order valence-electron chi connectivity index (χ0n) is 9.43. The second-order valence-electron chi connectivity index (χ2n) is 3.51. The number of hydrogen-bond acceptors (Lipinski definition) is 5. The minimum absolute atomic E-state index is 0.509. The summed E-state index contributed by atoms with van der Waals surface area (Å²) >= 11 is 0. The molecule has 0 fully saturated rings. The molecule has 0 aliphatic carbocycles. The Balaban J connectivity index is 2.17. The molecule has 0 atom stereocenters. The Kier molecular flexibility index (Phi) is 3.59. The van der Waals surface area contributed by atoms with Gasteiger partial charge in [-0.3, -0.25) is 0 Å².